The molecule has 0 radical (unpaired) electrons. The minimum atomic E-state index is -0.853. The number of carbonyl (C=O) groups excluding carboxylic acids is 1. The molecule has 0 saturated carbocycles. The van der Waals surface area contributed by atoms with E-state index in [0.717, 1.165) is 5.56 Å². The number of hydrogen-bond donors (Lipinski definition) is 3. The summed E-state index contributed by atoms with van der Waals surface area (Å²) < 4.78 is 0. The molecule has 0 bridgehead atoms. The molecule has 1 amide bonds. The summed E-state index contributed by atoms with van der Waals surface area (Å²) in [6.07, 6.45) is -1.71. The molecule has 0 spiro atoms. The Morgan fingerprint density at radius 1 is 1.35 bits per heavy atom. The Labute approximate surface area is 99.5 Å². The predicted octanol–water partition coefficient (Wildman–Crippen LogP) is -0.245. The highest BCUT2D eigenvalue weighted by Gasteiger charge is 2.32. The Morgan fingerprint density at radius 3 is 2.47 bits per heavy atom. The summed E-state index contributed by atoms with van der Waals surface area (Å²) in [5.41, 5.74) is 7.69. The summed E-state index contributed by atoms with van der Waals surface area (Å²) in [5.74, 6) is -0.191. The number of nitrogens with two attached hydrogens (primary N) is 1. The van der Waals surface area contributed by atoms with E-state index in [4.69, 9.17) is 5.73 Å². The molecule has 1 fully saturated rings. The molecule has 0 unspecified atom stereocenters. The highest BCUT2D eigenvalue weighted by atomic mass is 16.3. The van der Waals surface area contributed by atoms with Crippen LogP contribution in [0.4, 0.5) is 5.69 Å². The molecule has 5 heteroatoms. The van der Waals surface area contributed by atoms with Gasteiger partial charge in [-0.1, -0.05) is 0 Å². The Kier molecular flexibility index (Phi) is 3.04. The Bertz CT molecular complexity index is 437. The molecule has 1 heterocycles. The van der Waals surface area contributed by atoms with Gasteiger partial charge in [0.25, 0.3) is 5.91 Å². The topological polar surface area (TPSA) is 86.8 Å². The van der Waals surface area contributed by atoms with Gasteiger partial charge in [0.05, 0.1) is 12.2 Å². The van der Waals surface area contributed by atoms with Crippen LogP contribution in [0.3, 0.4) is 0 Å². The molecule has 0 aliphatic carbocycles. The van der Waals surface area contributed by atoms with Gasteiger partial charge in [0, 0.05) is 24.3 Å². The number of nitrogens with zero attached hydrogens (tertiary/aromatic N) is 1. The van der Waals surface area contributed by atoms with Gasteiger partial charge in [0.15, 0.2) is 0 Å². The Hall–Kier alpha value is -1.59. The standard InChI is InChI=1S/C12H16N2O3/c1-7-4-8(2-3-9(7)13)12(17)14-5-10(15)11(16)6-14/h2-4,10-11,15-16H,5-6,13H2,1H3/t10-,11+. The van der Waals surface area contributed by atoms with Crippen LogP contribution in [0.1, 0.15) is 15.9 Å². The van der Waals surface area contributed by atoms with Crippen molar-refractivity contribution in [2.45, 2.75) is 19.1 Å². The van der Waals surface area contributed by atoms with Gasteiger partial charge in [0.2, 0.25) is 0 Å². The van der Waals surface area contributed by atoms with E-state index in [0.29, 0.717) is 11.3 Å². The fourth-order valence-corrected chi connectivity index (χ4v) is 1.93. The second kappa shape index (κ2) is 4.35. The van der Waals surface area contributed by atoms with Crippen LogP contribution in [0.5, 0.6) is 0 Å². The van der Waals surface area contributed by atoms with Crippen LogP contribution in [-0.2, 0) is 0 Å². The number of amides is 1. The van der Waals surface area contributed by atoms with E-state index >= 15 is 0 Å². The summed E-state index contributed by atoms with van der Waals surface area (Å²) in [4.78, 5) is 13.5. The maximum Gasteiger partial charge on any atom is 0.254 e. The molecule has 0 aromatic heterocycles. The van der Waals surface area contributed by atoms with Crippen LogP contribution in [0.15, 0.2) is 18.2 Å². The van der Waals surface area contributed by atoms with E-state index in [1.807, 2.05) is 6.92 Å². The van der Waals surface area contributed by atoms with Gasteiger partial charge in [-0.15, -0.1) is 0 Å². The number of rotatable bonds is 1. The van der Waals surface area contributed by atoms with Gasteiger partial charge < -0.3 is 20.8 Å². The molecule has 4 N–H and O–H groups in total. The lowest BCUT2D eigenvalue weighted by Crippen LogP contribution is -2.29. The highest BCUT2D eigenvalue weighted by Crippen LogP contribution is 2.17. The second-order valence-electron chi connectivity index (χ2n) is 4.42. The van der Waals surface area contributed by atoms with Crippen molar-refractivity contribution < 1.29 is 15.0 Å². The van der Waals surface area contributed by atoms with Gasteiger partial charge >= 0.3 is 0 Å². The van der Waals surface area contributed by atoms with Gasteiger partial charge in [-0.2, -0.15) is 0 Å². The molecule has 5 nitrogen and oxygen atoms in total. The van der Waals surface area contributed by atoms with Crippen LogP contribution >= 0.6 is 0 Å². The zero-order valence-corrected chi connectivity index (χ0v) is 9.63. The van der Waals surface area contributed by atoms with Gasteiger partial charge in [-0.25, -0.2) is 0 Å². The van der Waals surface area contributed by atoms with Crippen LogP contribution < -0.4 is 5.73 Å². The highest BCUT2D eigenvalue weighted by molar-refractivity contribution is 5.95. The van der Waals surface area contributed by atoms with Crippen molar-refractivity contribution in [3.63, 3.8) is 0 Å². The zero-order valence-electron chi connectivity index (χ0n) is 9.63. The second-order valence-corrected chi connectivity index (χ2v) is 4.42. The number of aryl methyl sites for hydroxylation is 1. The maximum atomic E-state index is 12.1. The summed E-state index contributed by atoms with van der Waals surface area (Å²) in [6.45, 7) is 2.17. The fourth-order valence-electron chi connectivity index (χ4n) is 1.93. The lowest BCUT2D eigenvalue weighted by Gasteiger charge is -2.15. The van der Waals surface area contributed by atoms with Crippen molar-refractivity contribution in [2.24, 2.45) is 0 Å². The maximum absolute atomic E-state index is 12.1. The first kappa shape index (κ1) is 11.9. The van der Waals surface area contributed by atoms with Crippen molar-refractivity contribution in [3.8, 4) is 0 Å². The minimum absolute atomic E-state index is 0.170. The molecule has 17 heavy (non-hydrogen) atoms. The fraction of sp³-hybridized carbons (Fsp3) is 0.417. The number of anilines is 1. The quantitative estimate of drug-likeness (QED) is 0.587. The molecule has 1 aromatic rings. The van der Waals surface area contributed by atoms with E-state index in [-0.39, 0.29) is 19.0 Å². The number of nitrogen functional groups attached to an aromatic ring is 1. The minimum Gasteiger partial charge on any atom is -0.399 e. The van der Waals surface area contributed by atoms with Crippen molar-refractivity contribution in [3.05, 3.63) is 29.3 Å². The number of aliphatic hydroxyl groups is 2. The third-order valence-electron chi connectivity index (χ3n) is 3.06. The van der Waals surface area contributed by atoms with E-state index in [1.54, 1.807) is 18.2 Å². The molecule has 1 aliphatic heterocycles. The first-order valence-electron chi connectivity index (χ1n) is 5.50. The molecular formula is C12H16N2O3. The van der Waals surface area contributed by atoms with Crippen LogP contribution in [0.25, 0.3) is 0 Å². The first-order chi connectivity index (χ1) is 7.99. The lowest BCUT2D eigenvalue weighted by molar-refractivity contribution is 0.0572. The number of benzene rings is 1. The third kappa shape index (κ3) is 2.25. The summed E-state index contributed by atoms with van der Waals surface area (Å²) >= 11 is 0. The van der Waals surface area contributed by atoms with E-state index in [9.17, 15) is 15.0 Å². The van der Waals surface area contributed by atoms with E-state index in [2.05, 4.69) is 0 Å². The first-order valence-corrected chi connectivity index (χ1v) is 5.50. The Balaban J connectivity index is 2.17. The van der Waals surface area contributed by atoms with Gasteiger partial charge in [-0.05, 0) is 30.7 Å². The van der Waals surface area contributed by atoms with Crippen LogP contribution in [0, 0.1) is 6.92 Å². The van der Waals surface area contributed by atoms with E-state index in [1.165, 1.54) is 4.90 Å². The summed E-state index contributed by atoms with van der Waals surface area (Å²) in [6, 6.07) is 5.06. The number of hydrogen-bond acceptors (Lipinski definition) is 4. The predicted molar refractivity (Wildman–Crippen MR) is 63.5 cm³/mol. The monoisotopic (exact) mass is 236 g/mol. The van der Waals surface area contributed by atoms with Crippen LogP contribution in [0.2, 0.25) is 0 Å². The lowest BCUT2D eigenvalue weighted by atomic mass is 10.1. The molecule has 2 rings (SSSR count). The normalized spacial score (nSPS) is 24.1. The van der Waals surface area contributed by atoms with Gasteiger partial charge in [-0.3, -0.25) is 4.79 Å². The number of carbonyl (C=O) groups is 1. The average Bonchev–Trinajstić information content (AvgIpc) is 2.62. The molecule has 92 valence electrons. The van der Waals surface area contributed by atoms with Crippen molar-refractivity contribution in [1.82, 2.24) is 4.90 Å². The zero-order chi connectivity index (χ0) is 12.6. The SMILES string of the molecule is Cc1cc(C(=O)N2C[C@@H](O)[C@@H](O)C2)ccc1N. The third-order valence-corrected chi connectivity index (χ3v) is 3.06. The molecule has 1 aromatic carbocycles. The van der Waals surface area contributed by atoms with Crippen LogP contribution in [-0.4, -0.2) is 46.3 Å². The summed E-state index contributed by atoms with van der Waals surface area (Å²) in [5, 5.41) is 18.8. The van der Waals surface area contributed by atoms with Crippen molar-refractivity contribution in [2.75, 3.05) is 18.8 Å². The van der Waals surface area contributed by atoms with Crippen molar-refractivity contribution >= 4 is 11.6 Å². The molecule has 1 aliphatic rings. The van der Waals surface area contributed by atoms with E-state index < -0.39 is 12.2 Å². The average molecular weight is 236 g/mol. The molecular weight excluding hydrogens is 220 g/mol. The van der Waals surface area contributed by atoms with Crippen molar-refractivity contribution in [1.29, 1.82) is 0 Å². The molecule has 2 atom stereocenters. The Morgan fingerprint density at radius 2 is 1.94 bits per heavy atom. The van der Waals surface area contributed by atoms with Gasteiger partial charge in [0.1, 0.15) is 0 Å². The summed E-state index contributed by atoms with van der Waals surface area (Å²) in [7, 11) is 0. The number of β-amino-alcohol motifs (C(OH)–C–C–N with tert-alkyl or cyclic N) is 2. The molecule has 1 saturated heterocycles. The number of aliphatic hydroxyl groups excluding tert-OH is 2. The number of likely N-dealkylation sites (tertiary alicyclic amines) is 1. The largest absolute Gasteiger partial charge is 0.399 e. The smallest absolute Gasteiger partial charge is 0.254 e.